The predicted molar refractivity (Wildman–Crippen MR) is 94.6 cm³/mol. The van der Waals surface area contributed by atoms with E-state index in [2.05, 4.69) is 24.1 Å². The van der Waals surface area contributed by atoms with E-state index in [0.717, 1.165) is 12.1 Å². The van der Waals surface area contributed by atoms with E-state index in [1.807, 2.05) is 0 Å². The first-order valence-electron chi connectivity index (χ1n) is 7.04. The maximum atomic E-state index is 12.2. The van der Waals surface area contributed by atoms with Crippen LogP contribution in [0, 0.1) is 5.41 Å². The number of fused-ring (bicyclic) bond motifs is 1. The number of nitrogens with one attached hydrogen (secondary N) is 1. The lowest BCUT2D eigenvalue weighted by Crippen LogP contribution is -2.26. The van der Waals surface area contributed by atoms with Gasteiger partial charge < -0.3 is 5.73 Å². The Morgan fingerprint density at radius 3 is 2.57 bits per heavy atom. The number of thiazole rings is 1. The Bertz CT molecular complexity index is 753. The minimum Gasteiger partial charge on any atom is -0.399 e. The molecule has 0 radical (unpaired) electrons. The van der Waals surface area contributed by atoms with Crippen LogP contribution in [-0.2, 0) is 6.42 Å². The molecule has 1 aliphatic rings. The Hall–Kier alpha value is -1.92. The highest BCUT2D eigenvalue weighted by atomic mass is 35.5. The topological polar surface area (TPSA) is 85.1 Å². The number of anilines is 2. The first kappa shape index (κ1) is 17.4. The van der Waals surface area contributed by atoms with E-state index in [9.17, 15) is 9.59 Å². The number of nitrogen functional groups attached to an aromatic ring is 1. The number of carbonyl (C=O) groups is 2. The van der Waals surface area contributed by atoms with Gasteiger partial charge in [0.15, 0.2) is 10.9 Å². The lowest BCUT2D eigenvalue weighted by atomic mass is 9.78. The van der Waals surface area contributed by atoms with E-state index in [4.69, 9.17) is 5.73 Å². The van der Waals surface area contributed by atoms with Gasteiger partial charge in [0.2, 0.25) is 0 Å². The summed E-state index contributed by atoms with van der Waals surface area (Å²) in [6, 6.07) is 6.67. The standard InChI is InChI=1S/C16H17N3O2S.ClH/c1-16(2)7-11-13(12(20)8-16)22-15(18-11)19-14(21)9-3-5-10(17)6-4-9;/h3-6H,7-8,17H2,1-2H3,(H,18,19,21);1H. The molecule has 122 valence electrons. The van der Waals surface area contributed by atoms with Crippen molar-refractivity contribution < 1.29 is 9.59 Å². The maximum Gasteiger partial charge on any atom is 0.257 e. The highest BCUT2D eigenvalue weighted by molar-refractivity contribution is 7.17. The van der Waals surface area contributed by atoms with Gasteiger partial charge in [-0.25, -0.2) is 4.98 Å². The van der Waals surface area contributed by atoms with Crippen LogP contribution in [0.3, 0.4) is 0 Å². The van der Waals surface area contributed by atoms with Gasteiger partial charge in [-0.1, -0.05) is 25.2 Å². The summed E-state index contributed by atoms with van der Waals surface area (Å²) in [7, 11) is 0. The van der Waals surface area contributed by atoms with Crippen LogP contribution in [0.25, 0.3) is 0 Å². The van der Waals surface area contributed by atoms with Crippen molar-refractivity contribution in [1.82, 2.24) is 4.98 Å². The molecule has 2 aromatic rings. The number of Topliss-reactive ketones (excluding diaryl/α,β-unsaturated/α-hetero) is 1. The number of benzene rings is 1. The van der Waals surface area contributed by atoms with Crippen molar-refractivity contribution in [3.63, 3.8) is 0 Å². The number of halogens is 1. The highest BCUT2D eigenvalue weighted by Gasteiger charge is 2.34. The molecule has 23 heavy (non-hydrogen) atoms. The number of hydrogen-bond donors (Lipinski definition) is 2. The largest absolute Gasteiger partial charge is 0.399 e. The second-order valence-electron chi connectivity index (χ2n) is 6.31. The lowest BCUT2D eigenvalue weighted by molar-refractivity contribution is 0.0915. The molecule has 0 atom stereocenters. The van der Waals surface area contributed by atoms with Gasteiger partial charge >= 0.3 is 0 Å². The highest BCUT2D eigenvalue weighted by Crippen LogP contribution is 2.38. The van der Waals surface area contributed by atoms with Crippen LogP contribution in [0.1, 0.15) is 46.0 Å². The molecule has 0 saturated heterocycles. The molecule has 0 saturated carbocycles. The van der Waals surface area contributed by atoms with Crippen LogP contribution in [0.2, 0.25) is 0 Å². The molecule has 0 aliphatic heterocycles. The number of carbonyl (C=O) groups excluding carboxylic acids is 2. The quantitative estimate of drug-likeness (QED) is 0.810. The van der Waals surface area contributed by atoms with Crippen LogP contribution >= 0.6 is 23.7 Å². The predicted octanol–water partition coefficient (Wildman–Crippen LogP) is 3.55. The molecule has 0 unspecified atom stereocenters. The third-order valence-corrected chi connectivity index (χ3v) is 4.68. The molecule has 1 aliphatic carbocycles. The first-order chi connectivity index (χ1) is 10.3. The molecule has 0 fully saturated rings. The van der Waals surface area contributed by atoms with Crippen LogP contribution in [-0.4, -0.2) is 16.7 Å². The van der Waals surface area contributed by atoms with Gasteiger partial charge in [0.25, 0.3) is 5.91 Å². The summed E-state index contributed by atoms with van der Waals surface area (Å²) in [5.74, 6) is -0.144. The molecule has 1 aromatic heterocycles. The van der Waals surface area contributed by atoms with E-state index >= 15 is 0 Å². The molecular formula is C16H18ClN3O2S. The third kappa shape index (κ3) is 3.71. The molecular weight excluding hydrogens is 334 g/mol. The van der Waals surface area contributed by atoms with Gasteiger partial charge in [-0.2, -0.15) is 0 Å². The van der Waals surface area contributed by atoms with Crippen molar-refractivity contribution in [3.8, 4) is 0 Å². The SMILES string of the molecule is CC1(C)CC(=O)c2sc(NC(=O)c3ccc(N)cc3)nc2C1.Cl. The van der Waals surface area contributed by atoms with E-state index in [1.54, 1.807) is 24.3 Å². The van der Waals surface area contributed by atoms with Gasteiger partial charge in [0.1, 0.15) is 0 Å². The molecule has 3 N–H and O–H groups in total. The smallest absolute Gasteiger partial charge is 0.257 e. The minimum absolute atomic E-state index is 0. The minimum atomic E-state index is -0.252. The number of aromatic nitrogens is 1. The lowest BCUT2D eigenvalue weighted by Gasteiger charge is -2.26. The molecule has 1 aromatic carbocycles. The number of ketones is 1. The Labute approximate surface area is 144 Å². The van der Waals surface area contributed by atoms with E-state index in [1.165, 1.54) is 11.3 Å². The molecule has 0 spiro atoms. The molecule has 0 bridgehead atoms. The zero-order chi connectivity index (χ0) is 15.9. The van der Waals surface area contributed by atoms with E-state index in [-0.39, 0.29) is 29.5 Å². The Kier molecular flexibility index (Phi) is 4.77. The monoisotopic (exact) mass is 351 g/mol. The second kappa shape index (κ2) is 6.29. The van der Waals surface area contributed by atoms with Crippen LogP contribution < -0.4 is 11.1 Å². The Morgan fingerprint density at radius 1 is 1.26 bits per heavy atom. The normalized spacial score (nSPS) is 15.5. The summed E-state index contributed by atoms with van der Waals surface area (Å²) < 4.78 is 0. The summed E-state index contributed by atoms with van der Waals surface area (Å²) in [4.78, 5) is 29.4. The van der Waals surface area contributed by atoms with Gasteiger partial charge in [-0.05, 0) is 36.1 Å². The first-order valence-corrected chi connectivity index (χ1v) is 7.85. The summed E-state index contributed by atoms with van der Waals surface area (Å²) in [6.07, 6.45) is 1.27. The van der Waals surface area contributed by atoms with Crippen molar-refractivity contribution in [1.29, 1.82) is 0 Å². The number of nitrogens with two attached hydrogens (primary N) is 1. The van der Waals surface area contributed by atoms with Crippen molar-refractivity contribution in [2.75, 3.05) is 11.1 Å². The maximum absolute atomic E-state index is 12.2. The summed E-state index contributed by atoms with van der Waals surface area (Å²) in [5, 5.41) is 3.23. The Morgan fingerprint density at radius 2 is 1.91 bits per heavy atom. The van der Waals surface area contributed by atoms with Gasteiger partial charge in [0, 0.05) is 17.7 Å². The van der Waals surface area contributed by atoms with Crippen molar-refractivity contribution in [2.24, 2.45) is 5.41 Å². The fourth-order valence-corrected chi connectivity index (χ4v) is 3.49. The van der Waals surface area contributed by atoms with Gasteiger partial charge in [0.05, 0.1) is 10.6 Å². The summed E-state index contributed by atoms with van der Waals surface area (Å²) >= 11 is 1.25. The number of hydrogen-bond acceptors (Lipinski definition) is 5. The zero-order valence-corrected chi connectivity index (χ0v) is 14.5. The molecule has 7 heteroatoms. The third-order valence-electron chi connectivity index (χ3n) is 3.63. The average molecular weight is 352 g/mol. The van der Waals surface area contributed by atoms with Crippen LogP contribution in [0.4, 0.5) is 10.8 Å². The average Bonchev–Trinajstić information content (AvgIpc) is 2.80. The number of nitrogens with zero attached hydrogens (tertiary/aromatic N) is 1. The molecule has 3 rings (SSSR count). The zero-order valence-electron chi connectivity index (χ0n) is 12.9. The summed E-state index contributed by atoms with van der Waals surface area (Å²) in [6.45, 7) is 4.11. The molecule has 1 heterocycles. The van der Waals surface area contributed by atoms with Crippen molar-refractivity contribution >= 4 is 46.3 Å². The number of amides is 1. The van der Waals surface area contributed by atoms with Crippen LogP contribution in [0.5, 0.6) is 0 Å². The van der Waals surface area contributed by atoms with E-state index in [0.29, 0.717) is 27.7 Å². The van der Waals surface area contributed by atoms with Crippen molar-refractivity contribution in [3.05, 3.63) is 40.4 Å². The molecule has 5 nitrogen and oxygen atoms in total. The molecule has 1 amide bonds. The summed E-state index contributed by atoms with van der Waals surface area (Å²) in [5.41, 5.74) is 7.44. The fourth-order valence-electron chi connectivity index (χ4n) is 2.58. The fraction of sp³-hybridized carbons (Fsp3) is 0.312. The second-order valence-corrected chi connectivity index (χ2v) is 7.31. The van der Waals surface area contributed by atoms with Crippen molar-refractivity contribution in [2.45, 2.75) is 26.7 Å². The van der Waals surface area contributed by atoms with Gasteiger partial charge in [-0.15, -0.1) is 12.4 Å². The van der Waals surface area contributed by atoms with Gasteiger partial charge in [-0.3, -0.25) is 14.9 Å². The Balaban J connectivity index is 0.00000192. The van der Waals surface area contributed by atoms with E-state index < -0.39 is 0 Å². The number of rotatable bonds is 2. The van der Waals surface area contributed by atoms with Crippen LogP contribution in [0.15, 0.2) is 24.3 Å².